The Kier molecular flexibility index (Phi) is 3.33. The van der Waals surface area contributed by atoms with Crippen molar-refractivity contribution in [3.05, 3.63) is 44.6 Å². The molecule has 0 amide bonds. The Morgan fingerprint density at radius 3 is 2.83 bits per heavy atom. The zero-order valence-corrected chi connectivity index (χ0v) is 10.3. The average molecular weight is 262 g/mol. The molecule has 2 aromatic heterocycles. The van der Waals surface area contributed by atoms with E-state index in [1.807, 2.05) is 13.0 Å². The molecular weight excluding hydrogens is 252 g/mol. The fourth-order valence-corrected chi connectivity index (χ4v) is 1.46. The highest BCUT2D eigenvalue weighted by atomic mass is 32.1. The molecule has 0 saturated heterocycles. The van der Waals surface area contributed by atoms with Gasteiger partial charge in [-0.05, 0) is 30.8 Å². The summed E-state index contributed by atoms with van der Waals surface area (Å²) < 4.78 is 0.0584. The molecule has 92 valence electrons. The van der Waals surface area contributed by atoms with Crippen LogP contribution in [-0.2, 0) is 0 Å². The van der Waals surface area contributed by atoms with E-state index in [9.17, 15) is 9.90 Å². The molecule has 0 aromatic carbocycles. The molecule has 2 rings (SSSR count). The first-order chi connectivity index (χ1) is 8.56. The van der Waals surface area contributed by atoms with E-state index in [2.05, 4.69) is 19.9 Å². The molecule has 3 N–H and O–H groups in total. The third kappa shape index (κ3) is 2.69. The SMILES string of the molecule is Cc1ccc(N=Cc2c(O)[nH]c(=S)[nH]c2=O)nc1. The fraction of sp³-hybridized carbons (Fsp3) is 0.0909. The summed E-state index contributed by atoms with van der Waals surface area (Å²) in [7, 11) is 0. The van der Waals surface area contributed by atoms with Crippen LogP contribution in [0.3, 0.4) is 0 Å². The minimum Gasteiger partial charge on any atom is -0.494 e. The third-order valence-corrected chi connectivity index (χ3v) is 2.38. The number of aromatic amines is 2. The average Bonchev–Trinajstić information content (AvgIpc) is 2.30. The van der Waals surface area contributed by atoms with E-state index < -0.39 is 5.56 Å². The molecule has 0 radical (unpaired) electrons. The van der Waals surface area contributed by atoms with E-state index in [0.29, 0.717) is 5.82 Å². The van der Waals surface area contributed by atoms with Crippen molar-refractivity contribution in [1.82, 2.24) is 15.0 Å². The zero-order chi connectivity index (χ0) is 13.1. The summed E-state index contributed by atoms with van der Waals surface area (Å²) in [6.45, 7) is 1.91. The summed E-state index contributed by atoms with van der Waals surface area (Å²) in [6.07, 6.45) is 2.90. The lowest BCUT2D eigenvalue weighted by molar-refractivity contribution is 0.449. The van der Waals surface area contributed by atoms with Crippen LogP contribution in [0.2, 0.25) is 0 Å². The van der Waals surface area contributed by atoms with Gasteiger partial charge in [-0.15, -0.1) is 0 Å². The fourth-order valence-electron chi connectivity index (χ4n) is 1.27. The molecule has 7 heteroatoms. The molecule has 0 aliphatic carbocycles. The first-order valence-corrected chi connectivity index (χ1v) is 5.49. The second-order valence-electron chi connectivity index (χ2n) is 3.62. The van der Waals surface area contributed by atoms with Crippen LogP contribution in [0.25, 0.3) is 0 Å². The van der Waals surface area contributed by atoms with Gasteiger partial charge in [0.25, 0.3) is 5.56 Å². The van der Waals surface area contributed by atoms with E-state index in [1.165, 1.54) is 6.21 Å². The second kappa shape index (κ2) is 4.92. The van der Waals surface area contributed by atoms with Gasteiger partial charge in [0.1, 0.15) is 5.56 Å². The Bertz CT molecular complexity index is 700. The highest BCUT2D eigenvalue weighted by Gasteiger charge is 2.04. The van der Waals surface area contributed by atoms with Gasteiger partial charge in [0.2, 0.25) is 5.88 Å². The van der Waals surface area contributed by atoms with Crippen molar-refractivity contribution in [3.8, 4) is 5.88 Å². The number of pyridine rings is 1. The second-order valence-corrected chi connectivity index (χ2v) is 4.03. The van der Waals surface area contributed by atoms with Crippen LogP contribution in [0.15, 0.2) is 28.1 Å². The number of aromatic nitrogens is 3. The normalized spacial score (nSPS) is 10.9. The van der Waals surface area contributed by atoms with E-state index in [1.54, 1.807) is 12.3 Å². The maximum absolute atomic E-state index is 11.5. The van der Waals surface area contributed by atoms with Gasteiger partial charge < -0.3 is 10.1 Å². The lowest BCUT2D eigenvalue weighted by Gasteiger charge is -1.97. The highest BCUT2D eigenvalue weighted by Crippen LogP contribution is 2.09. The summed E-state index contributed by atoms with van der Waals surface area (Å²) in [5.41, 5.74) is 0.511. The molecule has 6 nitrogen and oxygen atoms in total. The monoisotopic (exact) mass is 262 g/mol. The minimum absolute atomic E-state index is 0.00553. The number of rotatable bonds is 2. The molecule has 18 heavy (non-hydrogen) atoms. The molecule has 0 fully saturated rings. The maximum atomic E-state index is 11.5. The number of hydrogen-bond acceptors (Lipinski definition) is 5. The Balaban J connectivity index is 2.38. The molecule has 0 saturated carbocycles. The predicted octanol–water partition coefficient (Wildman–Crippen LogP) is 1.59. The Hall–Kier alpha value is -2.28. The Morgan fingerprint density at radius 2 is 2.22 bits per heavy atom. The molecule has 0 aliphatic heterocycles. The number of nitrogens with zero attached hydrogens (tertiary/aromatic N) is 2. The standard InChI is InChI=1S/C11H10N4O2S/c1-6-2-3-8(12-4-6)13-5-7-9(16)14-11(18)15-10(7)17/h2-5H,1H3,(H3,14,15,16,17,18). The van der Waals surface area contributed by atoms with Crippen molar-refractivity contribution in [2.24, 2.45) is 4.99 Å². The first-order valence-electron chi connectivity index (χ1n) is 5.08. The quantitative estimate of drug-likeness (QED) is 0.566. The topological polar surface area (TPSA) is 94.1 Å². The van der Waals surface area contributed by atoms with Crippen molar-refractivity contribution in [1.29, 1.82) is 0 Å². The number of aromatic hydroxyl groups is 1. The molecule has 0 aliphatic rings. The van der Waals surface area contributed by atoms with Crippen LogP contribution in [0.5, 0.6) is 5.88 Å². The minimum atomic E-state index is -0.507. The van der Waals surface area contributed by atoms with Crippen LogP contribution >= 0.6 is 12.2 Å². The van der Waals surface area contributed by atoms with Crippen molar-refractivity contribution in [2.75, 3.05) is 0 Å². The Morgan fingerprint density at radius 1 is 1.44 bits per heavy atom. The van der Waals surface area contributed by atoms with Gasteiger partial charge in [-0.1, -0.05) is 6.07 Å². The van der Waals surface area contributed by atoms with Crippen molar-refractivity contribution < 1.29 is 5.11 Å². The van der Waals surface area contributed by atoms with E-state index >= 15 is 0 Å². The van der Waals surface area contributed by atoms with E-state index in [0.717, 1.165) is 5.56 Å². The van der Waals surface area contributed by atoms with Gasteiger partial charge >= 0.3 is 0 Å². The number of H-pyrrole nitrogens is 2. The van der Waals surface area contributed by atoms with Crippen molar-refractivity contribution in [3.63, 3.8) is 0 Å². The third-order valence-electron chi connectivity index (χ3n) is 2.18. The van der Waals surface area contributed by atoms with Crippen LogP contribution in [-0.4, -0.2) is 26.3 Å². The Labute approximate surface area is 107 Å². The van der Waals surface area contributed by atoms with Gasteiger partial charge in [-0.2, -0.15) is 0 Å². The summed E-state index contributed by atoms with van der Waals surface area (Å²) in [6, 6.07) is 3.56. The van der Waals surface area contributed by atoms with E-state index in [4.69, 9.17) is 12.2 Å². The lowest BCUT2D eigenvalue weighted by Crippen LogP contribution is -2.13. The molecule has 0 unspecified atom stereocenters. The molecular formula is C11H10N4O2S. The number of aryl methyl sites for hydroxylation is 1. The van der Waals surface area contributed by atoms with Gasteiger partial charge in [0, 0.05) is 12.4 Å². The maximum Gasteiger partial charge on any atom is 0.264 e. The summed E-state index contributed by atoms with van der Waals surface area (Å²) in [4.78, 5) is 24.4. The summed E-state index contributed by atoms with van der Waals surface area (Å²) in [5.74, 6) is 0.126. The number of hydrogen-bond donors (Lipinski definition) is 3. The van der Waals surface area contributed by atoms with E-state index in [-0.39, 0.29) is 16.2 Å². The zero-order valence-electron chi connectivity index (χ0n) is 9.47. The van der Waals surface area contributed by atoms with Gasteiger partial charge in [-0.25, -0.2) is 9.98 Å². The summed E-state index contributed by atoms with van der Waals surface area (Å²) in [5, 5.41) is 9.54. The molecule has 0 atom stereocenters. The largest absolute Gasteiger partial charge is 0.494 e. The van der Waals surface area contributed by atoms with Gasteiger partial charge in [0.15, 0.2) is 10.6 Å². The van der Waals surface area contributed by atoms with Gasteiger partial charge in [0.05, 0.1) is 0 Å². The highest BCUT2D eigenvalue weighted by molar-refractivity contribution is 7.71. The molecule has 2 aromatic rings. The van der Waals surface area contributed by atoms with Gasteiger partial charge in [-0.3, -0.25) is 9.78 Å². The molecule has 0 spiro atoms. The van der Waals surface area contributed by atoms with Crippen molar-refractivity contribution >= 4 is 24.3 Å². The summed E-state index contributed by atoms with van der Waals surface area (Å²) >= 11 is 4.71. The number of aliphatic imine (C=N–C) groups is 1. The molecule has 2 heterocycles. The smallest absolute Gasteiger partial charge is 0.264 e. The van der Waals surface area contributed by atoms with Crippen LogP contribution in [0, 0.1) is 11.7 Å². The van der Waals surface area contributed by atoms with Crippen LogP contribution in [0.4, 0.5) is 5.82 Å². The van der Waals surface area contributed by atoms with Crippen LogP contribution in [0.1, 0.15) is 11.1 Å². The molecule has 0 bridgehead atoms. The lowest BCUT2D eigenvalue weighted by atomic mass is 10.3. The number of nitrogens with one attached hydrogen (secondary N) is 2. The van der Waals surface area contributed by atoms with Crippen LogP contribution < -0.4 is 5.56 Å². The van der Waals surface area contributed by atoms with Crippen molar-refractivity contribution in [2.45, 2.75) is 6.92 Å². The first kappa shape index (κ1) is 12.2. The predicted molar refractivity (Wildman–Crippen MR) is 70.1 cm³/mol.